The second-order valence-electron chi connectivity index (χ2n) is 4.08. The van der Waals surface area contributed by atoms with Crippen molar-refractivity contribution in [3.8, 4) is 0 Å². The molecule has 1 saturated heterocycles. The predicted molar refractivity (Wildman–Crippen MR) is 51.1 cm³/mol. The number of nitrogens with zero attached hydrogens (tertiary/aromatic N) is 3. The van der Waals surface area contributed by atoms with Crippen LogP contribution in [0.4, 0.5) is 10.2 Å². The van der Waals surface area contributed by atoms with Gasteiger partial charge in [0.2, 0.25) is 0 Å². The van der Waals surface area contributed by atoms with Gasteiger partial charge in [0.05, 0.1) is 13.1 Å². The van der Waals surface area contributed by atoms with E-state index in [4.69, 9.17) is 0 Å². The van der Waals surface area contributed by atoms with Crippen molar-refractivity contribution in [1.29, 1.82) is 0 Å². The first-order chi connectivity index (χ1) is 6.83. The number of rotatable bonds is 2. The van der Waals surface area contributed by atoms with Crippen molar-refractivity contribution < 1.29 is 4.39 Å². The highest BCUT2D eigenvalue weighted by molar-refractivity contribution is 5.43. The standard InChI is InChI=1S/C10H12FN3/c11-8-4-14(5-8)10-3-9(7-1-2-7)12-6-13-10/h3,6-8H,1-2,4-5H2. The second-order valence-corrected chi connectivity index (χ2v) is 4.08. The minimum Gasteiger partial charge on any atom is -0.351 e. The molecule has 14 heavy (non-hydrogen) atoms. The lowest BCUT2D eigenvalue weighted by atomic mass is 10.2. The molecule has 0 aromatic carbocycles. The molecule has 2 aliphatic rings. The SMILES string of the molecule is FC1CN(c2cc(C3CC3)ncn2)C1. The molecule has 0 amide bonds. The smallest absolute Gasteiger partial charge is 0.135 e. The number of alkyl halides is 1. The van der Waals surface area contributed by atoms with Gasteiger partial charge in [-0.25, -0.2) is 14.4 Å². The quantitative estimate of drug-likeness (QED) is 0.713. The van der Waals surface area contributed by atoms with E-state index in [1.807, 2.05) is 11.0 Å². The van der Waals surface area contributed by atoms with Gasteiger partial charge in [-0.3, -0.25) is 0 Å². The van der Waals surface area contributed by atoms with Gasteiger partial charge in [-0.2, -0.15) is 0 Å². The summed E-state index contributed by atoms with van der Waals surface area (Å²) in [6, 6.07) is 2.00. The van der Waals surface area contributed by atoms with Crippen molar-refractivity contribution >= 4 is 5.82 Å². The Labute approximate surface area is 82.0 Å². The molecule has 1 aromatic rings. The van der Waals surface area contributed by atoms with Crippen LogP contribution in [-0.2, 0) is 0 Å². The number of hydrogen-bond acceptors (Lipinski definition) is 3. The fraction of sp³-hybridized carbons (Fsp3) is 0.600. The highest BCUT2D eigenvalue weighted by atomic mass is 19.1. The van der Waals surface area contributed by atoms with Crippen LogP contribution in [0.15, 0.2) is 12.4 Å². The van der Waals surface area contributed by atoms with Gasteiger partial charge in [0, 0.05) is 17.7 Å². The predicted octanol–water partition coefficient (Wildman–Crippen LogP) is 1.51. The first kappa shape index (κ1) is 8.15. The largest absolute Gasteiger partial charge is 0.351 e. The van der Waals surface area contributed by atoms with Crippen LogP contribution in [-0.4, -0.2) is 29.2 Å². The molecule has 2 heterocycles. The molecule has 0 atom stereocenters. The molecular formula is C10H12FN3. The van der Waals surface area contributed by atoms with E-state index in [1.54, 1.807) is 6.33 Å². The summed E-state index contributed by atoms with van der Waals surface area (Å²) in [5.41, 5.74) is 1.12. The summed E-state index contributed by atoms with van der Waals surface area (Å²) in [5, 5.41) is 0. The van der Waals surface area contributed by atoms with E-state index in [0.29, 0.717) is 19.0 Å². The maximum Gasteiger partial charge on any atom is 0.135 e. The lowest BCUT2D eigenvalue weighted by Gasteiger charge is -2.35. The maximum atomic E-state index is 12.6. The zero-order valence-corrected chi connectivity index (χ0v) is 7.86. The Morgan fingerprint density at radius 1 is 1.29 bits per heavy atom. The lowest BCUT2D eigenvalue weighted by molar-refractivity contribution is 0.273. The van der Waals surface area contributed by atoms with E-state index in [9.17, 15) is 4.39 Å². The Bertz CT molecular complexity index is 345. The average molecular weight is 193 g/mol. The Morgan fingerprint density at radius 2 is 2.07 bits per heavy atom. The van der Waals surface area contributed by atoms with E-state index in [-0.39, 0.29) is 0 Å². The monoisotopic (exact) mass is 193 g/mol. The third-order valence-corrected chi connectivity index (χ3v) is 2.83. The zero-order valence-electron chi connectivity index (χ0n) is 7.86. The van der Waals surface area contributed by atoms with Crippen molar-refractivity contribution in [3.63, 3.8) is 0 Å². The van der Waals surface area contributed by atoms with E-state index < -0.39 is 6.17 Å². The van der Waals surface area contributed by atoms with Crippen LogP contribution in [0.5, 0.6) is 0 Å². The highest BCUT2D eigenvalue weighted by Gasteiger charge is 2.29. The summed E-state index contributed by atoms with van der Waals surface area (Å²) >= 11 is 0. The molecule has 3 rings (SSSR count). The fourth-order valence-electron chi connectivity index (χ4n) is 1.75. The van der Waals surface area contributed by atoms with E-state index >= 15 is 0 Å². The molecular weight excluding hydrogens is 181 g/mol. The van der Waals surface area contributed by atoms with Crippen LogP contribution in [0.25, 0.3) is 0 Å². The van der Waals surface area contributed by atoms with Crippen LogP contribution in [0.1, 0.15) is 24.5 Å². The minimum atomic E-state index is -0.672. The van der Waals surface area contributed by atoms with Crippen molar-refractivity contribution in [2.24, 2.45) is 0 Å². The van der Waals surface area contributed by atoms with Gasteiger partial charge in [0.1, 0.15) is 18.3 Å². The number of hydrogen-bond donors (Lipinski definition) is 0. The van der Waals surface area contributed by atoms with Gasteiger partial charge in [-0.05, 0) is 12.8 Å². The number of aromatic nitrogens is 2. The Hall–Kier alpha value is -1.19. The number of anilines is 1. The van der Waals surface area contributed by atoms with Crippen molar-refractivity contribution in [3.05, 3.63) is 18.1 Å². The molecule has 0 spiro atoms. The van der Waals surface area contributed by atoms with Crippen LogP contribution < -0.4 is 4.90 Å². The van der Waals surface area contributed by atoms with E-state index in [1.165, 1.54) is 12.8 Å². The molecule has 1 saturated carbocycles. The Kier molecular flexibility index (Phi) is 1.69. The average Bonchev–Trinajstić information content (AvgIpc) is 2.96. The summed E-state index contributed by atoms with van der Waals surface area (Å²) in [5.74, 6) is 1.52. The van der Waals surface area contributed by atoms with Gasteiger partial charge in [0.15, 0.2) is 0 Å². The molecule has 0 radical (unpaired) electrons. The van der Waals surface area contributed by atoms with Gasteiger partial charge in [-0.15, -0.1) is 0 Å². The maximum absolute atomic E-state index is 12.6. The van der Waals surface area contributed by atoms with Gasteiger partial charge < -0.3 is 4.90 Å². The Balaban J connectivity index is 1.80. The van der Waals surface area contributed by atoms with Crippen LogP contribution in [0, 0.1) is 0 Å². The van der Waals surface area contributed by atoms with Gasteiger partial charge >= 0.3 is 0 Å². The molecule has 2 fully saturated rings. The molecule has 1 aromatic heterocycles. The van der Waals surface area contributed by atoms with Crippen molar-refractivity contribution in [2.45, 2.75) is 24.9 Å². The topological polar surface area (TPSA) is 29.0 Å². The second kappa shape index (κ2) is 2.90. The first-order valence-corrected chi connectivity index (χ1v) is 5.04. The molecule has 3 nitrogen and oxygen atoms in total. The summed E-state index contributed by atoms with van der Waals surface area (Å²) in [7, 11) is 0. The Morgan fingerprint density at radius 3 is 2.71 bits per heavy atom. The molecule has 0 N–H and O–H groups in total. The molecule has 4 heteroatoms. The fourth-order valence-corrected chi connectivity index (χ4v) is 1.75. The van der Waals surface area contributed by atoms with Crippen LogP contribution in [0.3, 0.4) is 0 Å². The summed E-state index contributed by atoms with van der Waals surface area (Å²) < 4.78 is 12.6. The molecule has 0 bridgehead atoms. The minimum absolute atomic E-state index is 0.487. The van der Waals surface area contributed by atoms with Crippen molar-refractivity contribution in [1.82, 2.24) is 9.97 Å². The van der Waals surface area contributed by atoms with Crippen LogP contribution in [0.2, 0.25) is 0 Å². The normalized spacial score (nSPS) is 22.2. The lowest BCUT2D eigenvalue weighted by Crippen LogP contribution is -2.48. The van der Waals surface area contributed by atoms with Crippen LogP contribution >= 0.6 is 0 Å². The summed E-state index contributed by atoms with van der Waals surface area (Å²) in [4.78, 5) is 10.3. The van der Waals surface area contributed by atoms with Gasteiger partial charge in [0.25, 0.3) is 0 Å². The first-order valence-electron chi connectivity index (χ1n) is 5.04. The third kappa shape index (κ3) is 1.35. The van der Waals surface area contributed by atoms with E-state index in [0.717, 1.165) is 11.5 Å². The van der Waals surface area contributed by atoms with E-state index in [2.05, 4.69) is 9.97 Å². The van der Waals surface area contributed by atoms with Crippen molar-refractivity contribution in [2.75, 3.05) is 18.0 Å². The molecule has 0 unspecified atom stereocenters. The van der Waals surface area contributed by atoms with Gasteiger partial charge in [-0.1, -0.05) is 0 Å². The molecule has 1 aliphatic heterocycles. The third-order valence-electron chi connectivity index (χ3n) is 2.83. The number of halogens is 1. The highest BCUT2D eigenvalue weighted by Crippen LogP contribution is 2.39. The molecule has 74 valence electrons. The zero-order chi connectivity index (χ0) is 9.54. The summed E-state index contributed by atoms with van der Waals surface area (Å²) in [6.07, 6.45) is 3.40. The summed E-state index contributed by atoms with van der Waals surface area (Å²) in [6.45, 7) is 0.974. The molecule has 1 aliphatic carbocycles.